The molecule has 0 aliphatic heterocycles. The molecule has 1 atom stereocenters. The molecular weight excluding hydrogens is 340 g/mol. The van der Waals surface area contributed by atoms with Gasteiger partial charge in [0.25, 0.3) is 0 Å². The number of ether oxygens (including phenoxy) is 3. The summed E-state index contributed by atoms with van der Waals surface area (Å²) in [7, 11) is 0. The Morgan fingerprint density at radius 3 is 2.52 bits per heavy atom. The minimum atomic E-state index is -0.694. The third kappa shape index (κ3) is 4.89. The van der Waals surface area contributed by atoms with Gasteiger partial charge in [0.05, 0.1) is 24.3 Å². The third-order valence-electron chi connectivity index (χ3n) is 2.73. The molecule has 0 aliphatic rings. The predicted octanol–water partition coefficient (Wildman–Crippen LogP) is 3.06. The fourth-order valence-corrected chi connectivity index (χ4v) is 2.35. The summed E-state index contributed by atoms with van der Waals surface area (Å²) in [5.41, 5.74) is 0.696. The van der Waals surface area contributed by atoms with Gasteiger partial charge in [0, 0.05) is 0 Å². The van der Waals surface area contributed by atoms with Crippen molar-refractivity contribution < 1.29 is 24.1 Å². The number of hydrogen-bond acceptors (Lipinski definition) is 5. The van der Waals surface area contributed by atoms with E-state index in [1.54, 1.807) is 19.1 Å². The number of carbonyl (C=O) groups excluding carboxylic acids is 1. The molecule has 0 saturated carbocycles. The highest BCUT2D eigenvalue weighted by Gasteiger charge is 2.23. The van der Waals surface area contributed by atoms with Crippen LogP contribution in [0.15, 0.2) is 16.6 Å². The molecule has 5 nitrogen and oxygen atoms in total. The average molecular weight is 361 g/mol. The average Bonchev–Trinajstić information content (AvgIpc) is 2.46. The summed E-state index contributed by atoms with van der Waals surface area (Å²) in [6, 6.07) is 3.43. The number of aliphatic hydroxyl groups is 1. The SMILES string of the molecule is CCOC(=O)C(CC)Oc1c(Br)cc(CO)cc1OCC. The Hall–Kier alpha value is -1.27. The lowest BCUT2D eigenvalue weighted by atomic mass is 10.2. The standard InChI is InChI=1S/C15H21BrO5/c1-4-12(15(18)20-6-3)21-14-11(16)7-10(9-17)8-13(14)19-5-2/h7-8,12,17H,4-6,9H2,1-3H3. The summed E-state index contributed by atoms with van der Waals surface area (Å²) >= 11 is 3.39. The van der Waals surface area contributed by atoms with Gasteiger partial charge in [-0.1, -0.05) is 6.92 Å². The summed E-state index contributed by atoms with van der Waals surface area (Å²) in [6.45, 7) is 6.11. The topological polar surface area (TPSA) is 65.0 Å². The second-order valence-corrected chi connectivity index (χ2v) is 5.12. The first kappa shape index (κ1) is 17.8. The van der Waals surface area contributed by atoms with Crippen LogP contribution in [-0.2, 0) is 16.1 Å². The zero-order chi connectivity index (χ0) is 15.8. The van der Waals surface area contributed by atoms with E-state index in [0.717, 1.165) is 0 Å². The Morgan fingerprint density at radius 2 is 2.00 bits per heavy atom. The maximum Gasteiger partial charge on any atom is 0.347 e. The van der Waals surface area contributed by atoms with Gasteiger partial charge in [0.1, 0.15) is 0 Å². The van der Waals surface area contributed by atoms with E-state index in [0.29, 0.717) is 41.2 Å². The minimum Gasteiger partial charge on any atom is -0.490 e. The summed E-state index contributed by atoms with van der Waals surface area (Å²) in [5.74, 6) is 0.521. The van der Waals surface area contributed by atoms with Crippen LogP contribution in [0.25, 0.3) is 0 Å². The predicted molar refractivity (Wildman–Crippen MR) is 82.6 cm³/mol. The van der Waals surface area contributed by atoms with Crippen molar-refractivity contribution in [2.75, 3.05) is 13.2 Å². The molecule has 0 heterocycles. The maximum absolute atomic E-state index is 11.8. The Bertz CT molecular complexity index is 475. The Kier molecular flexibility index (Phi) is 7.53. The first-order valence-electron chi connectivity index (χ1n) is 6.96. The molecule has 0 fully saturated rings. The Labute approximate surface area is 133 Å². The smallest absolute Gasteiger partial charge is 0.347 e. The molecule has 6 heteroatoms. The van der Waals surface area contributed by atoms with Gasteiger partial charge in [0.2, 0.25) is 0 Å². The number of carbonyl (C=O) groups is 1. The van der Waals surface area contributed by atoms with Crippen LogP contribution in [0.4, 0.5) is 0 Å². The summed E-state index contributed by atoms with van der Waals surface area (Å²) in [5, 5.41) is 9.24. The molecular formula is C15H21BrO5. The fourth-order valence-electron chi connectivity index (χ4n) is 1.77. The van der Waals surface area contributed by atoms with Crippen LogP contribution in [0.3, 0.4) is 0 Å². The molecule has 0 amide bonds. The van der Waals surface area contributed by atoms with Crippen LogP contribution in [-0.4, -0.2) is 30.4 Å². The third-order valence-corrected chi connectivity index (χ3v) is 3.32. The molecule has 0 saturated heterocycles. The van der Waals surface area contributed by atoms with Crippen molar-refractivity contribution in [2.45, 2.75) is 39.9 Å². The van der Waals surface area contributed by atoms with Crippen molar-refractivity contribution in [3.05, 3.63) is 22.2 Å². The van der Waals surface area contributed by atoms with Crippen LogP contribution in [0.1, 0.15) is 32.8 Å². The van der Waals surface area contributed by atoms with Crippen LogP contribution < -0.4 is 9.47 Å². The normalized spacial score (nSPS) is 11.9. The number of hydrogen-bond donors (Lipinski definition) is 1. The van der Waals surface area contributed by atoms with E-state index in [1.165, 1.54) is 0 Å². The maximum atomic E-state index is 11.8. The van der Waals surface area contributed by atoms with Gasteiger partial charge >= 0.3 is 5.97 Å². The quantitative estimate of drug-likeness (QED) is 0.721. The molecule has 118 valence electrons. The number of rotatable bonds is 8. The van der Waals surface area contributed by atoms with Gasteiger partial charge in [0.15, 0.2) is 17.6 Å². The Morgan fingerprint density at radius 1 is 1.29 bits per heavy atom. The lowest BCUT2D eigenvalue weighted by Gasteiger charge is -2.20. The zero-order valence-electron chi connectivity index (χ0n) is 12.5. The van der Waals surface area contributed by atoms with Crippen LogP contribution >= 0.6 is 15.9 Å². The monoisotopic (exact) mass is 360 g/mol. The number of esters is 1. The van der Waals surface area contributed by atoms with E-state index in [9.17, 15) is 9.90 Å². The van der Waals surface area contributed by atoms with E-state index in [2.05, 4.69) is 15.9 Å². The first-order valence-corrected chi connectivity index (χ1v) is 7.75. The molecule has 0 radical (unpaired) electrons. The number of halogens is 1. The lowest BCUT2D eigenvalue weighted by Crippen LogP contribution is -2.29. The summed E-state index contributed by atoms with van der Waals surface area (Å²) in [4.78, 5) is 11.8. The van der Waals surface area contributed by atoms with Gasteiger partial charge in [-0.25, -0.2) is 4.79 Å². The fraction of sp³-hybridized carbons (Fsp3) is 0.533. The van der Waals surface area contributed by atoms with Gasteiger partial charge in [-0.2, -0.15) is 0 Å². The minimum absolute atomic E-state index is 0.103. The highest BCUT2D eigenvalue weighted by atomic mass is 79.9. The Balaban J connectivity index is 3.06. The highest BCUT2D eigenvalue weighted by molar-refractivity contribution is 9.10. The first-order chi connectivity index (χ1) is 10.1. The van der Waals surface area contributed by atoms with Crippen molar-refractivity contribution in [3.63, 3.8) is 0 Å². The molecule has 0 aliphatic carbocycles. The second-order valence-electron chi connectivity index (χ2n) is 4.26. The van der Waals surface area contributed by atoms with Crippen LogP contribution in [0, 0.1) is 0 Å². The van der Waals surface area contributed by atoms with E-state index in [4.69, 9.17) is 14.2 Å². The molecule has 0 bridgehead atoms. The molecule has 21 heavy (non-hydrogen) atoms. The van der Waals surface area contributed by atoms with Gasteiger partial charge in [-0.15, -0.1) is 0 Å². The van der Waals surface area contributed by atoms with Crippen LogP contribution in [0.5, 0.6) is 11.5 Å². The van der Waals surface area contributed by atoms with Crippen molar-refractivity contribution in [1.29, 1.82) is 0 Å². The highest BCUT2D eigenvalue weighted by Crippen LogP contribution is 2.38. The van der Waals surface area contributed by atoms with Gasteiger partial charge < -0.3 is 19.3 Å². The largest absolute Gasteiger partial charge is 0.490 e. The molecule has 1 rings (SSSR count). The summed E-state index contributed by atoms with van der Waals surface area (Å²) in [6.07, 6.45) is -0.209. The van der Waals surface area contributed by atoms with Crippen molar-refractivity contribution >= 4 is 21.9 Å². The van der Waals surface area contributed by atoms with Gasteiger partial charge in [-0.3, -0.25) is 0 Å². The van der Waals surface area contributed by atoms with Crippen molar-refractivity contribution in [2.24, 2.45) is 0 Å². The molecule has 1 aromatic rings. The van der Waals surface area contributed by atoms with E-state index in [1.807, 2.05) is 13.8 Å². The van der Waals surface area contributed by atoms with E-state index < -0.39 is 12.1 Å². The summed E-state index contributed by atoms with van der Waals surface area (Å²) < 4.78 is 16.9. The molecule has 0 spiro atoms. The van der Waals surface area contributed by atoms with Gasteiger partial charge in [-0.05, 0) is 53.9 Å². The second kappa shape index (κ2) is 8.89. The van der Waals surface area contributed by atoms with Crippen molar-refractivity contribution in [1.82, 2.24) is 0 Å². The molecule has 1 unspecified atom stereocenters. The van der Waals surface area contributed by atoms with Crippen LogP contribution in [0.2, 0.25) is 0 Å². The molecule has 1 aromatic carbocycles. The van der Waals surface area contributed by atoms with E-state index in [-0.39, 0.29) is 6.61 Å². The number of benzene rings is 1. The number of aliphatic hydroxyl groups excluding tert-OH is 1. The molecule has 1 N–H and O–H groups in total. The lowest BCUT2D eigenvalue weighted by molar-refractivity contribution is -0.151. The molecule has 0 aromatic heterocycles. The van der Waals surface area contributed by atoms with Crippen molar-refractivity contribution in [3.8, 4) is 11.5 Å². The van der Waals surface area contributed by atoms with E-state index >= 15 is 0 Å². The zero-order valence-corrected chi connectivity index (χ0v) is 14.1.